The predicted octanol–water partition coefficient (Wildman–Crippen LogP) is 8.16. The molecule has 0 radical (unpaired) electrons. The second-order valence-corrected chi connectivity index (χ2v) is 12.9. The van der Waals surface area contributed by atoms with Crippen LogP contribution >= 0.6 is 11.3 Å². The minimum Gasteiger partial charge on any atom is -0.496 e. The summed E-state index contributed by atoms with van der Waals surface area (Å²) in [7, 11) is 1.45. The number of hydrogen-bond acceptors (Lipinski definition) is 6. The van der Waals surface area contributed by atoms with Crippen molar-refractivity contribution in [2.45, 2.75) is 77.9 Å². The number of alkyl halides is 3. The number of fused-ring (bicyclic) bond motifs is 1. The average Bonchev–Trinajstić information content (AvgIpc) is 3.63. The van der Waals surface area contributed by atoms with Gasteiger partial charge in [0.15, 0.2) is 0 Å². The van der Waals surface area contributed by atoms with Gasteiger partial charge in [-0.2, -0.15) is 13.2 Å². The van der Waals surface area contributed by atoms with Crippen molar-refractivity contribution < 1.29 is 36.6 Å². The molecule has 2 aliphatic rings. The van der Waals surface area contributed by atoms with Crippen molar-refractivity contribution in [2.24, 2.45) is 17.8 Å². The molecule has 246 valence electrons. The molecular formula is C33H41F4N3O4S. The molecule has 0 spiro atoms. The summed E-state index contributed by atoms with van der Waals surface area (Å²) < 4.78 is 64.1. The number of benzene rings is 2. The van der Waals surface area contributed by atoms with E-state index in [1.54, 1.807) is 12.1 Å². The molecule has 12 heteroatoms. The van der Waals surface area contributed by atoms with Gasteiger partial charge in [-0.15, -0.1) is 11.3 Å². The summed E-state index contributed by atoms with van der Waals surface area (Å²) in [6, 6.07) is 5.19. The Bertz CT molecular complexity index is 1480. The Hall–Kier alpha value is -3.25. The maximum absolute atomic E-state index is 13.6. The van der Waals surface area contributed by atoms with Gasteiger partial charge in [0.1, 0.15) is 17.1 Å². The van der Waals surface area contributed by atoms with E-state index in [0.29, 0.717) is 52.9 Å². The van der Waals surface area contributed by atoms with Gasteiger partial charge in [-0.1, -0.05) is 33.1 Å². The van der Waals surface area contributed by atoms with Crippen molar-refractivity contribution in [1.82, 2.24) is 10.3 Å². The zero-order valence-corrected chi connectivity index (χ0v) is 26.9. The Morgan fingerprint density at radius 2 is 1.87 bits per heavy atom. The van der Waals surface area contributed by atoms with Crippen LogP contribution in [0.5, 0.6) is 5.75 Å². The van der Waals surface area contributed by atoms with Gasteiger partial charge in [-0.05, 0) is 74.8 Å². The maximum atomic E-state index is 13.6. The summed E-state index contributed by atoms with van der Waals surface area (Å²) in [5, 5.41) is 6.11. The van der Waals surface area contributed by atoms with E-state index < -0.39 is 41.3 Å². The molecule has 3 aromatic rings. The fourth-order valence-electron chi connectivity index (χ4n) is 6.12. The molecule has 2 aromatic carbocycles. The normalized spacial score (nSPS) is 21.6. The number of aromatic nitrogens is 1. The maximum Gasteiger partial charge on any atom is 0.419 e. The number of thiazole rings is 1. The molecule has 2 N–H and O–H groups in total. The molecule has 2 heterocycles. The molecule has 2 amide bonds. The Labute approximate surface area is 265 Å². The molecule has 2 fully saturated rings. The van der Waals surface area contributed by atoms with Crippen molar-refractivity contribution in [1.29, 1.82) is 0 Å². The smallest absolute Gasteiger partial charge is 0.419 e. The first-order valence-corrected chi connectivity index (χ1v) is 16.3. The van der Waals surface area contributed by atoms with Gasteiger partial charge in [0.05, 0.1) is 33.8 Å². The molecule has 4 atom stereocenters. The van der Waals surface area contributed by atoms with Crippen molar-refractivity contribution in [3.63, 3.8) is 0 Å². The van der Waals surface area contributed by atoms with Crippen LogP contribution in [0, 0.1) is 30.5 Å². The highest BCUT2D eigenvalue weighted by atomic mass is 32.1. The van der Waals surface area contributed by atoms with Gasteiger partial charge in [-0.25, -0.2) is 9.37 Å². The molecular weight excluding hydrogens is 610 g/mol. The average molecular weight is 652 g/mol. The molecule has 1 aliphatic carbocycles. The molecule has 1 aliphatic heterocycles. The second kappa shape index (κ2) is 15.4. The molecule has 1 aromatic heterocycles. The van der Waals surface area contributed by atoms with Crippen LogP contribution in [0.15, 0.2) is 30.3 Å². The number of aryl methyl sites for hydroxylation is 1. The molecule has 1 saturated heterocycles. The van der Waals surface area contributed by atoms with E-state index >= 15 is 0 Å². The Morgan fingerprint density at radius 3 is 2.56 bits per heavy atom. The SMILES string of the molecule is CCCC1COCC(CC)C1.COc1ccc2nc(C)sc2c1C(=O)NC1CCCC1C(=O)Nc1ccc(F)c(C(F)(F)F)c1. The van der Waals surface area contributed by atoms with Gasteiger partial charge in [0.2, 0.25) is 5.91 Å². The molecule has 7 nitrogen and oxygen atoms in total. The van der Waals surface area contributed by atoms with Crippen molar-refractivity contribution in [3.05, 3.63) is 52.3 Å². The third-order valence-corrected chi connectivity index (χ3v) is 9.43. The fourth-order valence-corrected chi connectivity index (χ4v) is 7.07. The number of rotatable bonds is 8. The topological polar surface area (TPSA) is 89.6 Å². The van der Waals surface area contributed by atoms with Crippen LogP contribution in [0.1, 0.15) is 79.7 Å². The summed E-state index contributed by atoms with van der Waals surface area (Å²) in [4.78, 5) is 30.5. The number of carbonyl (C=O) groups is 2. The molecule has 0 bridgehead atoms. The number of nitrogens with zero attached hydrogens (tertiary/aromatic N) is 1. The highest BCUT2D eigenvalue weighted by Crippen LogP contribution is 2.35. The minimum absolute atomic E-state index is 0.165. The van der Waals surface area contributed by atoms with Gasteiger partial charge < -0.3 is 20.1 Å². The standard InChI is InChI=1S/C23H21F4N3O3S.C10H20O/c1-11-28-17-8-9-18(33-2)19(20(17)34-11)22(32)30-16-5-3-4-13(16)21(31)29-12-6-7-15(24)14(10-12)23(25,26)27;1-3-5-10-6-9(4-2)7-11-8-10/h6-10,13,16H,3-5H2,1-2H3,(H,29,31)(H,30,32);9-10H,3-8H2,1-2H3. The van der Waals surface area contributed by atoms with Crippen LogP contribution in [0.4, 0.5) is 23.2 Å². The number of hydrogen-bond donors (Lipinski definition) is 2. The minimum atomic E-state index is -4.89. The van der Waals surface area contributed by atoms with E-state index in [1.165, 1.54) is 44.1 Å². The van der Waals surface area contributed by atoms with E-state index in [0.717, 1.165) is 36.1 Å². The number of anilines is 1. The summed E-state index contributed by atoms with van der Waals surface area (Å²) in [5.74, 6) is -0.953. The lowest BCUT2D eigenvalue weighted by molar-refractivity contribution is -0.140. The monoisotopic (exact) mass is 651 g/mol. The van der Waals surface area contributed by atoms with E-state index in [1.807, 2.05) is 6.92 Å². The second-order valence-electron chi connectivity index (χ2n) is 11.7. The number of carbonyl (C=O) groups excluding carboxylic acids is 2. The lowest BCUT2D eigenvalue weighted by Crippen LogP contribution is -2.42. The number of ether oxygens (including phenoxy) is 2. The van der Waals surface area contributed by atoms with E-state index in [-0.39, 0.29) is 5.69 Å². The van der Waals surface area contributed by atoms with Crippen LogP contribution in [0.3, 0.4) is 0 Å². The first-order chi connectivity index (χ1) is 21.4. The first kappa shape index (κ1) is 34.6. The number of nitrogens with one attached hydrogen (secondary N) is 2. The Kier molecular flexibility index (Phi) is 11.8. The molecule has 1 saturated carbocycles. The number of amides is 2. The highest BCUT2D eigenvalue weighted by molar-refractivity contribution is 7.19. The summed E-state index contributed by atoms with van der Waals surface area (Å²) in [5.41, 5.74) is -0.639. The Balaban J connectivity index is 0.000000354. The highest BCUT2D eigenvalue weighted by Gasteiger charge is 2.37. The zero-order chi connectivity index (χ0) is 32.7. The third-order valence-electron chi connectivity index (χ3n) is 8.43. The van der Waals surface area contributed by atoms with Gasteiger partial charge in [-0.3, -0.25) is 9.59 Å². The van der Waals surface area contributed by atoms with Crippen LogP contribution in [0.25, 0.3) is 10.2 Å². The third kappa shape index (κ3) is 8.72. The predicted molar refractivity (Wildman–Crippen MR) is 167 cm³/mol. The quantitative estimate of drug-likeness (QED) is 0.240. The fraction of sp³-hybridized carbons (Fsp3) is 0.545. The van der Waals surface area contributed by atoms with Crippen molar-refractivity contribution in [2.75, 3.05) is 25.6 Å². The summed E-state index contributed by atoms with van der Waals surface area (Å²) >= 11 is 1.35. The largest absolute Gasteiger partial charge is 0.496 e. The molecule has 45 heavy (non-hydrogen) atoms. The van der Waals surface area contributed by atoms with Gasteiger partial charge in [0.25, 0.3) is 5.91 Å². The van der Waals surface area contributed by atoms with Crippen molar-refractivity contribution in [3.8, 4) is 5.75 Å². The van der Waals surface area contributed by atoms with E-state index in [9.17, 15) is 27.2 Å². The number of halogens is 4. The summed E-state index contributed by atoms with van der Waals surface area (Å²) in [6.45, 7) is 8.38. The lowest BCUT2D eigenvalue weighted by Gasteiger charge is -2.28. The summed E-state index contributed by atoms with van der Waals surface area (Å²) in [6.07, 6.45) is 2.11. The molecule has 4 unspecified atom stereocenters. The van der Waals surface area contributed by atoms with Gasteiger partial charge >= 0.3 is 6.18 Å². The van der Waals surface area contributed by atoms with Crippen LogP contribution in [-0.4, -0.2) is 43.2 Å². The first-order valence-electron chi connectivity index (χ1n) is 15.4. The van der Waals surface area contributed by atoms with Crippen LogP contribution < -0.4 is 15.4 Å². The van der Waals surface area contributed by atoms with E-state index in [2.05, 4.69) is 29.5 Å². The van der Waals surface area contributed by atoms with Crippen LogP contribution in [-0.2, 0) is 15.7 Å². The Morgan fingerprint density at radius 1 is 1.11 bits per heavy atom. The van der Waals surface area contributed by atoms with Crippen LogP contribution in [0.2, 0.25) is 0 Å². The van der Waals surface area contributed by atoms with E-state index in [4.69, 9.17) is 9.47 Å². The van der Waals surface area contributed by atoms with Crippen molar-refractivity contribution >= 4 is 39.1 Å². The molecule has 5 rings (SSSR count). The van der Waals surface area contributed by atoms with Gasteiger partial charge in [0, 0.05) is 24.9 Å². The lowest BCUT2D eigenvalue weighted by atomic mass is 9.89. The number of methoxy groups -OCH3 is 1. The zero-order valence-electron chi connectivity index (χ0n) is 26.1.